The molecule has 1 atom stereocenters. The molecule has 0 aliphatic carbocycles. The van der Waals surface area contributed by atoms with Gasteiger partial charge in [0.1, 0.15) is 19.0 Å². The Morgan fingerprint density at radius 2 is 1.97 bits per heavy atom. The Morgan fingerprint density at radius 3 is 2.72 bits per heavy atom. The van der Waals surface area contributed by atoms with Crippen LogP contribution in [0, 0.1) is 0 Å². The van der Waals surface area contributed by atoms with Gasteiger partial charge in [-0.15, -0.1) is 0 Å². The molecule has 1 unspecified atom stereocenters. The smallest absolute Gasteiger partial charge is 0.329 e. The Bertz CT molecular complexity index is 1050. The van der Waals surface area contributed by atoms with E-state index in [4.69, 9.17) is 26.4 Å². The van der Waals surface area contributed by atoms with Crippen molar-refractivity contribution in [1.82, 2.24) is 14.3 Å². The second kappa shape index (κ2) is 8.23. The maximum atomic E-state index is 12.6. The quantitative estimate of drug-likeness (QED) is 0.669. The number of aromatic nitrogens is 2. The molecule has 1 aromatic carbocycles. The largest absolute Gasteiger partial charge is 0.480 e. The van der Waals surface area contributed by atoms with E-state index in [2.05, 4.69) is 0 Å². The number of carbonyl (C=O) groups is 2. The number of carboxylic acids is 1. The summed E-state index contributed by atoms with van der Waals surface area (Å²) in [5.41, 5.74) is 2.73. The number of halogens is 1. The number of hydrogen-bond acceptors (Lipinski definition) is 4. The first-order chi connectivity index (χ1) is 14.0. The van der Waals surface area contributed by atoms with Crippen LogP contribution < -0.4 is 0 Å². The Labute approximate surface area is 172 Å². The molecule has 0 saturated carbocycles. The third kappa shape index (κ3) is 3.97. The first-order valence-electron chi connectivity index (χ1n) is 9.36. The van der Waals surface area contributed by atoms with Crippen LogP contribution in [0.15, 0.2) is 48.7 Å². The van der Waals surface area contributed by atoms with Gasteiger partial charge in [0.15, 0.2) is 0 Å². The molecule has 150 valence electrons. The monoisotopic (exact) mass is 413 g/mol. The highest BCUT2D eigenvalue weighted by atomic mass is 35.5. The zero-order valence-corrected chi connectivity index (χ0v) is 16.4. The molecule has 2 aromatic heterocycles. The average Bonchev–Trinajstić information content (AvgIpc) is 3.33. The van der Waals surface area contributed by atoms with Crippen LogP contribution in [0.1, 0.15) is 24.7 Å². The molecule has 3 aromatic rings. The van der Waals surface area contributed by atoms with Crippen molar-refractivity contribution in [3.63, 3.8) is 0 Å². The fraction of sp³-hybridized carbons (Fsp3) is 0.286. The standard InChI is InChI=1S/C21H20ClN3O4/c22-15-8-6-14(7-9-15)20-16-4-1-2-10-25(16)21(23-20)17-5-3-11-24(17)18(26)12-29-13-19(27)28/h1-2,4,6-10,17H,3,5,11-13H2,(H,27,28). The predicted molar refractivity (Wildman–Crippen MR) is 108 cm³/mol. The first kappa shape index (κ1) is 19.4. The van der Waals surface area contributed by atoms with Crippen molar-refractivity contribution < 1.29 is 19.4 Å². The van der Waals surface area contributed by atoms with Gasteiger partial charge in [-0.3, -0.25) is 4.79 Å². The van der Waals surface area contributed by atoms with Gasteiger partial charge in [-0.05, 0) is 37.1 Å². The van der Waals surface area contributed by atoms with E-state index in [1.54, 1.807) is 4.90 Å². The van der Waals surface area contributed by atoms with E-state index in [1.165, 1.54) is 0 Å². The summed E-state index contributed by atoms with van der Waals surface area (Å²) in [6.45, 7) is -0.147. The maximum Gasteiger partial charge on any atom is 0.329 e. The third-order valence-electron chi connectivity index (χ3n) is 5.02. The van der Waals surface area contributed by atoms with Crippen molar-refractivity contribution in [2.45, 2.75) is 18.9 Å². The molecule has 7 nitrogen and oxygen atoms in total. The first-order valence-corrected chi connectivity index (χ1v) is 9.74. The minimum Gasteiger partial charge on any atom is -0.480 e. The number of fused-ring (bicyclic) bond motifs is 1. The van der Waals surface area contributed by atoms with Gasteiger partial charge in [0.25, 0.3) is 0 Å². The van der Waals surface area contributed by atoms with Gasteiger partial charge in [-0.1, -0.05) is 29.8 Å². The van der Waals surface area contributed by atoms with Crippen LogP contribution >= 0.6 is 11.6 Å². The molecular weight excluding hydrogens is 394 g/mol. The number of nitrogens with zero attached hydrogens (tertiary/aromatic N) is 3. The molecule has 4 rings (SSSR count). The number of pyridine rings is 1. The summed E-state index contributed by atoms with van der Waals surface area (Å²) in [4.78, 5) is 29.9. The van der Waals surface area contributed by atoms with E-state index in [9.17, 15) is 9.59 Å². The van der Waals surface area contributed by atoms with Gasteiger partial charge in [0, 0.05) is 23.3 Å². The van der Waals surface area contributed by atoms with Crippen LogP contribution in [-0.2, 0) is 14.3 Å². The zero-order chi connectivity index (χ0) is 20.4. The molecule has 1 fully saturated rings. The lowest BCUT2D eigenvalue weighted by molar-refractivity contribution is -0.146. The molecule has 0 radical (unpaired) electrons. The number of amides is 1. The molecule has 0 spiro atoms. The number of benzene rings is 1. The third-order valence-corrected chi connectivity index (χ3v) is 5.27. The highest BCUT2D eigenvalue weighted by molar-refractivity contribution is 6.30. The molecular formula is C21H20ClN3O4. The fourth-order valence-electron chi connectivity index (χ4n) is 3.76. The number of likely N-dealkylation sites (tertiary alicyclic amines) is 1. The predicted octanol–water partition coefficient (Wildman–Crippen LogP) is 3.42. The van der Waals surface area contributed by atoms with E-state index in [1.807, 2.05) is 53.1 Å². The highest BCUT2D eigenvalue weighted by Gasteiger charge is 2.33. The fourth-order valence-corrected chi connectivity index (χ4v) is 3.89. The van der Waals surface area contributed by atoms with E-state index >= 15 is 0 Å². The van der Waals surface area contributed by atoms with Gasteiger partial charge < -0.3 is 19.1 Å². The van der Waals surface area contributed by atoms with Crippen molar-refractivity contribution in [3.8, 4) is 11.3 Å². The van der Waals surface area contributed by atoms with Gasteiger partial charge in [0.05, 0.1) is 17.3 Å². The average molecular weight is 414 g/mol. The lowest BCUT2D eigenvalue weighted by Crippen LogP contribution is -2.34. The van der Waals surface area contributed by atoms with Crippen molar-refractivity contribution in [1.29, 1.82) is 0 Å². The Kier molecular flexibility index (Phi) is 5.51. The molecule has 8 heteroatoms. The summed E-state index contributed by atoms with van der Waals surface area (Å²) in [5, 5.41) is 9.36. The number of rotatable bonds is 6. The molecule has 1 aliphatic rings. The molecule has 29 heavy (non-hydrogen) atoms. The SMILES string of the molecule is O=C(O)COCC(=O)N1CCCC1c1nc(-c2ccc(Cl)cc2)c2ccccn12. The van der Waals surface area contributed by atoms with Crippen molar-refractivity contribution >= 4 is 29.0 Å². The number of imidazole rings is 1. The van der Waals surface area contributed by atoms with Gasteiger partial charge in [0.2, 0.25) is 5.91 Å². The zero-order valence-electron chi connectivity index (χ0n) is 15.6. The highest BCUT2D eigenvalue weighted by Crippen LogP contribution is 2.35. The van der Waals surface area contributed by atoms with Crippen LogP contribution in [0.2, 0.25) is 5.02 Å². The molecule has 1 aliphatic heterocycles. The second-order valence-electron chi connectivity index (χ2n) is 6.91. The minimum atomic E-state index is -1.09. The van der Waals surface area contributed by atoms with E-state index < -0.39 is 12.6 Å². The second-order valence-corrected chi connectivity index (χ2v) is 7.35. The molecule has 0 bridgehead atoms. The number of ether oxygens (including phenoxy) is 1. The number of aliphatic carboxylic acids is 1. The summed E-state index contributed by atoms with van der Waals surface area (Å²) in [5.74, 6) is -0.535. The van der Waals surface area contributed by atoms with Crippen molar-refractivity contribution in [3.05, 3.63) is 59.5 Å². The molecule has 1 N–H and O–H groups in total. The van der Waals surface area contributed by atoms with Crippen molar-refractivity contribution in [2.75, 3.05) is 19.8 Å². The van der Waals surface area contributed by atoms with Crippen molar-refractivity contribution in [2.24, 2.45) is 0 Å². The molecule has 1 amide bonds. The summed E-state index contributed by atoms with van der Waals surface area (Å²) in [6, 6.07) is 13.2. The topological polar surface area (TPSA) is 84.1 Å². The van der Waals surface area contributed by atoms with E-state index in [0.717, 1.165) is 35.4 Å². The van der Waals surface area contributed by atoms with Crippen LogP contribution in [0.25, 0.3) is 16.8 Å². The van der Waals surface area contributed by atoms with Gasteiger partial charge in [-0.2, -0.15) is 0 Å². The lowest BCUT2D eigenvalue weighted by atomic mass is 10.1. The van der Waals surface area contributed by atoms with E-state index in [-0.39, 0.29) is 18.6 Å². The summed E-state index contributed by atoms with van der Waals surface area (Å²) < 4.78 is 7.01. The van der Waals surface area contributed by atoms with Crippen LogP contribution in [0.5, 0.6) is 0 Å². The number of carbonyl (C=O) groups excluding carboxylic acids is 1. The summed E-state index contributed by atoms with van der Waals surface area (Å²) in [7, 11) is 0. The molecule has 1 saturated heterocycles. The van der Waals surface area contributed by atoms with E-state index in [0.29, 0.717) is 11.6 Å². The van der Waals surface area contributed by atoms with Gasteiger partial charge >= 0.3 is 5.97 Å². The number of carboxylic acid groups (broad SMARTS) is 1. The Hall–Kier alpha value is -2.90. The van der Waals surface area contributed by atoms with Crippen LogP contribution in [0.4, 0.5) is 0 Å². The summed E-state index contributed by atoms with van der Waals surface area (Å²) in [6.07, 6.45) is 3.59. The van der Waals surface area contributed by atoms with Crippen LogP contribution in [-0.4, -0.2) is 51.0 Å². The molecule has 3 heterocycles. The minimum absolute atomic E-state index is 0.188. The normalized spacial score (nSPS) is 16.4. The maximum absolute atomic E-state index is 12.6. The lowest BCUT2D eigenvalue weighted by Gasteiger charge is -2.23. The summed E-state index contributed by atoms with van der Waals surface area (Å²) >= 11 is 6.02. The number of hydrogen-bond donors (Lipinski definition) is 1. The van der Waals surface area contributed by atoms with Gasteiger partial charge in [-0.25, -0.2) is 9.78 Å². The van der Waals surface area contributed by atoms with Crippen LogP contribution in [0.3, 0.4) is 0 Å². The Balaban J connectivity index is 1.67. The Morgan fingerprint density at radius 1 is 1.17 bits per heavy atom.